The topological polar surface area (TPSA) is 305 Å². The van der Waals surface area contributed by atoms with Gasteiger partial charge in [0.05, 0.1) is 36.6 Å². The molecule has 2 aromatic rings. The van der Waals surface area contributed by atoms with E-state index in [4.69, 9.17) is 0 Å². The van der Waals surface area contributed by atoms with Crippen LogP contribution in [0.15, 0.2) is 30.5 Å². The van der Waals surface area contributed by atoms with Gasteiger partial charge in [0.1, 0.15) is 35.8 Å². The minimum Gasteiger partial charge on any atom is -0.396 e. The highest BCUT2D eigenvalue weighted by Gasteiger charge is 2.37. The largest absolute Gasteiger partial charge is 0.396 e. The average Bonchev–Trinajstić information content (AvgIpc) is 3.71. The maximum atomic E-state index is 14.7. The van der Waals surface area contributed by atoms with Crippen molar-refractivity contribution in [1.29, 1.82) is 0 Å². The van der Waals surface area contributed by atoms with Crippen molar-refractivity contribution in [2.24, 2.45) is 17.8 Å². The van der Waals surface area contributed by atoms with Crippen LogP contribution in [0.2, 0.25) is 0 Å². The second-order valence-corrected chi connectivity index (χ2v) is 22.6. The van der Waals surface area contributed by atoms with Crippen LogP contribution in [-0.2, 0) is 44.8 Å². The number of Topliss-reactive ketones (excluding diaryl/α,β-unsaturated/α-hetero) is 5. The lowest BCUT2D eigenvalue weighted by Gasteiger charge is -2.28. The van der Waals surface area contributed by atoms with Crippen LogP contribution in [0.25, 0.3) is 10.9 Å². The number of nitrogens with one attached hydrogen (secondary N) is 7. The lowest BCUT2D eigenvalue weighted by Crippen LogP contribution is -2.57. The summed E-state index contributed by atoms with van der Waals surface area (Å²) in [5, 5.41) is 56.9. The first-order valence-electron chi connectivity index (χ1n) is 23.6. The van der Waals surface area contributed by atoms with Crippen LogP contribution in [0, 0.1) is 17.8 Å². The van der Waals surface area contributed by atoms with Crippen LogP contribution < -0.4 is 31.9 Å². The molecule has 1 unspecified atom stereocenters. The summed E-state index contributed by atoms with van der Waals surface area (Å²) in [5.41, 5.74) is 1.38. The lowest BCUT2D eigenvalue weighted by atomic mass is 9.90. The van der Waals surface area contributed by atoms with Gasteiger partial charge in [-0.1, -0.05) is 74.4 Å². The Hall–Kier alpha value is -3.71. The molecule has 11 N–H and O–H groups in total. The van der Waals surface area contributed by atoms with Crippen LogP contribution in [0.1, 0.15) is 86.6 Å². The fraction of sp³-hybridized carbons (Fsp3) is 0.667. The van der Waals surface area contributed by atoms with E-state index in [-0.39, 0.29) is 60.8 Å². The quantitative estimate of drug-likeness (QED) is 0.0259. The van der Waals surface area contributed by atoms with E-state index < -0.39 is 114 Å². The number of amides is 3. The molecular formula is C48H77N7O12S3. The van der Waals surface area contributed by atoms with E-state index >= 15 is 0 Å². The number of rotatable bonds is 35. The number of hydrogen-bond acceptors (Lipinski definition) is 18. The summed E-state index contributed by atoms with van der Waals surface area (Å²) in [6.45, 7) is 12.4. The predicted molar refractivity (Wildman–Crippen MR) is 276 cm³/mol. The molecule has 0 spiro atoms. The van der Waals surface area contributed by atoms with E-state index in [1.807, 2.05) is 39.0 Å². The van der Waals surface area contributed by atoms with Gasteiger partial charge in [0.15, 0.2) is 5.78 Å². The maximum absolute atomic E-state index is 14.7. The first kappa shape index (κ1) is 62.4. The van der Waals surface area contributed by atoms with E-state index in [2.05, 4.69) is 49.5 Å². The standard InChI is InChI=1S/C48H77N7O12S3/c1-26(2)42(62)44(64)40(69-70-48(6,7)8)19-30(14-15-33(60)22-51-35(28(4)58)16-17-49-9)45(65)54-37(18-31-20-50-36-13-11-10-12-34(31)36)47(67)55-38(25-68)46(66)53-23-39(61)43(63)41(29(5)59)52-21-32(24-56)27(3)57/h10-13,20,26-27,29-30,32,35,37-38,40-42,49-52,56-57,59,62,68H,14-19,21-25H2,1-9H3,(H,53,66)(H,54,65)(H,55,67)/t27-,29-,30-,32-,35+,37+,38+,40?,41+,42+/m1/s1. The van der Waals surface area contributed by atoms with Crippen LogP contribution in [0.3, 0.4) is 0 Å². The molecule has 0 aliphatic carbocycles. The summed E-state index contributed by atoms with van der Waals surface area (Å²) in [4.78, 5) is 111. The van der Waals surface area contributed by atoms with Gasteiger partial charge in [0.25, 0.3) is 0 Å². The Bertz CT molecular complexity index is 2050. The van der Waals surface area contributed by atoms with Crippen molar-refractivity contribution in [3.8, 4) is 0 Å². The monoisotopic (exact) mass is 1040 g/mol. The zero-order valence-electron chi connectivity index (χ0n) is 41.8. The minimum atomic E-state index is -1.41. The van der Waals surface area contributed by atoms with Crippen molar-refractivity contribution >= 4 is 91.8 Å². The zero-order valence-corrected chi connectivity index (χ0v) is 44.4. The summed E-state index contributed by atoms with van der Waals surface area (Å²) < 4.78 is -0.324. The molecule has 70 heavy (non-hydrogen) atoms. The van der Waals surface area contributed by atoms with Crippen LogP contribution >= 0.6 is 34.2 Å². The Morgan fingerprint density at radius 2 is 1.49 bits per heavy atom. The second-order valence-electron chi connectivity index (χ2n) is 19.0. The molecule has 1 aromatic carbocycles. The highest BCUT2D eigenvalue weighted by atomic mass is 33.1. The summed E-state index contributed by atoms with van der Waals surface area (Å²) in [6, 6.07) is 2.55. The number of fused-ring (bicyclic) bond motifs is 1. The van der Waals surface area contributed by atoms with E-state index in [1.54, 1.807) is 33.2 Å². The van der Waals surface area contributed by atoms with Crippen LogP contribution in [0.4, 0.5) is 0 Å². The summed E-state index contributed by atoms with van der Waals surface area (Å²) in [5.74, 6) is -7.92. The second kappa shape index (κ2) is 31.0. The van der Waals surface area contributed by atoms with Gasteiger partial charge < -0.3 is 57.3 Å². The number of benzene rings is 1. The minimum absolute atomic E-state index is 0.0558. The van der Waals surface area contributed by atoms with E-state index in [9.17, 15) is 58.8 Å². The van der Waals surface area contributed by atoms with E-state index in [0.29, 0.717) is 18.5 Å². The first-order chi connectivity index (χ1) is 32.8. The number of aliphatic hydroxyl groups excluding tert-OH is 4. The Morgan fingerprint density at radius 1 is 0.829 bits per heavy atom. The van der Waals surface area contributed by atoms with Gasteiger partial charge in [0.2, 0.25) is 29.3 Å². The molecule has 2 rings (SSSR count). The summed E-state index contributed by atoms with van der Waals surface area (Å²) in [7, 11) is 4.37. The van der Waals surface area contributed by atoms with Crippen molar-refractivity contribution < 1.29 is 58.8 Å². The van der Waals surface area contributed by atoms with Gasteiger partial charge >= 0.3 is 0 Å². The van der Waals surface area contributed by atoms with E-state index in [0.717, 1.165) is 10.9 Å². The molecular weight excluding hydrogens is 963 g/mol. The first-order valence-corrected chi connectivity index (χ1v) is 26.5. The van der Waals surface area contributed by atoms with Gasteiger partial charge in [-0.25, -0.2) is 0 Å². The molecule has 0 bridgehead atoms. The summed E-state index contributed by atoms with van der Waals surface area (Å²) >= 11 is 4.27. The Morgan fingerprint density at radius 3 is 2.06 bits per heavy atom. The van der Waals surface area contributed by atoms with Crippen molar-refractivity contribution in [2.45, 2.75) is 140 Å². The van der Waals surface area contributed by atoms with Crippen molar-refractivity contribution in [3.63, 3.8) is 0 Å². The highest BCUT2D eigenvalue weighted by Crippen LogP contribution is 2.41. The predicted octanol–water partition coefficient (Wildman–Crippen LogP) is 0.839. The molecule has 19 nitrogen and oxygen atoms in total. The maximum Gasteiger partial charge on any atom is 0.243 e. The molecule has 0 aliphatic heterocycles. The third-order valence-electron chi connectivity index (χ3n) is 11.5. The fourth-order valence-corrected chi connectivity index (χ4v) is 10.1. The molecule has 0 aliphatic rings. The molecule has 394 valence electrons. The van der Waals surface area contributed by atoms with Crippen molar-refractivity contribution in [2.75, 3.05) is 45.6 Å². The van der Waals surface area contributed by atoms with Gasteiger partial charge in [-0.15, -0.1) is 0 Å². The molecule has 0 fully saturated rings. The highest BCUT2D eigenvalue weighted by molar-refractivity contribution is 8.77. The molecule has 0 saturated heterocycles. The molecule has 1 aromatic heterocycles. The van der Waals surface area contributed by atoms with Gasteiger partial charge in [-0.3, -0.25) is 38.4 Å². The molecule has 10 atom stereocenters. The zero-order chi connectivity index (χ0) is 52.9. The van der Waals surface area contributed by atoms with E-state index in [1.165, 1.54) is 42.4 Å². The summed E-state index contributed by atoms with van der Waals surface area (Å²) in [6.07, 6.45) is -1.91. The molecule has 3 amide bonds. The molecule has 0 saturated carbocycles. The smallest absolute Gasteiger partial charge is 0.243 e. The van der Waals surface area contributed by atoms with Crippen molar-refractivity contribution in [1.82, 2.24) is 36.9 Å². The van der Waals surface area contributed by atoms with Crippen LogP contribution in [-0.4, -0.2) is 170 Å². The average molecular weight is 1040 g/mol. The number of carbonyl (C=O) groups is 8. The third-order valence-corrected chi connectivity index (χ3v) is 15.6. The molecule has 0 radical (unpaired) electrons. The number of carbonyl (C=O) groups excluding carboxylic acids is 8. The number of aromatic nitrogens is 1. The fourth-order valence-electron chi connectivity index (χ4n) is 7.12. The number of thiol groups is 1. The molecule has 1 heterocycles. The SMILES string of the molecule is CNCC[C@H](NCC(=O)CC[C@H](CC(SSC(C)(C)C)C(=O)[C@@H](O)C(C)C)C(=O)N[C@@H](Cc1c[nH]c2ccccc12)C(=O)N[C@@H](CS)C(=O)NCC(=O)C(=O)[C@@H](NC[C@H](CO)[C@@H](C)O)[C@@H](C)O)C(C)=O. The number of ketones is 5. The normalized spacial score (nSPS) is 16.2. The Kier molecular flexibility index (Phi) is 27.6. The van der Waals surface area contributed by atoms with Gasteiger partial charge in [-0.05, 0) is 71.2 Å². The van der Waals surface area contributed by atoms with Gasteiger partial charge in [-0.2, -0.15) is 12.6 Å². The number of aromatic amines is 1. The number of aliphatic hydroxyl groups is 4. The number of H-pyrrole nitrogens is 1. The lowest BCUT2D eigenvalue weighted by molar-refractivity contribution is -0.139. The number of para-hydroxylation sites is 1. The molecule has 22 heteroatoms. The number of hydrogen-bond donors (Lipinski definition) is 12. The van der Waals surface area contributed by atoms with Crippen LogP contribution in [0.5, 0.6) is 0 Å². The Labute approximate surface area is 424 Å². The Balaban J connectivity index is 2.48. The third kappa shape index (κ3) is 21.2. The van der Waals surface area contributed by atoms with Gasteiger partial charge in [0, 0.05) is 65.4 Å². The van der Waals surface area contributed by atoms with Crippen molar-refractivity contribution in [3.05, 3.63) is 36.0 Å².